The van der Waals surface area contributed by atoms with Crippen molar-refractivity contribution in [3.8, 4) is 22.5 Å². The van der Waals surface area contributed by atoms with Gasteiger partial charge in [-0.05, 0) is 54.1 Å². The van der Waals surface area contributed by atoms with Crippen molar-refractivity contribution < 1.29 is 41.4 Å². The molecule has 0 spiro atoms. The fourth-order valence-corrected chi connectivity index (χ4v) is 4.70. The fourth-order valence-electron chi connectivity index (χ4n) is 4.70. The monoisotopic (exact) mass is 540 g/mol. The summed E-state index contributed by atoms with van der Waals surface area (Å²) in [7, 11) is 2.34. The minimum Gasteiger partial charge on any atom is -0.478 e. The number of fused-ring (bicyclic) bond motifs is 3. The number of rotatable bonds is 6. The SMILES string of the molecule is CNC(=O)c1c(-c2ccc(F)cc2)oc2c1cc(-c1cccc(C(=O)O)c1)c1c2ccn1C(OC)C(F)(F)F. The van der Waals surface area contributed by atoms with Crippen LogP contribution in [0.1, 0.15) is 26.9 Å². The number of nitrogens with zero attached hydrogens (tertiary/aromatic N) is 1. The summed E-state index contributed by atoms with van der Waals surface area (Å²) in [6, 6.07) is 13.8. The van der Waals surface area contributed by atoms with Crippen LogP contribution in [0.25, 0.3) is 44.3 Å². The number of carbonyl (C=O) groups excluding carboxylic acids is 1. The van der Waals surface area contributed by atoms with Crippen molar-refractivity contribution in [2.75, 3.05) is 14.2 Å². The van der Waals surface area contributed by atoms with Gasteiger partial charge in [0.25, 0.3) is 5.91 Å². The van der Waals surface area contributed by atoms with Crippen molar-refractivity contribution in [2.24, 2.45) is 0 Å². The predicted molar refractivity (Wildman–Crippen MR) is 135 cm³/mol. The number of carboxylic acids is 1. The Morgan fingerprint density at radius 2 is 1.74 bits per heavy atom. The molecule has 0 fully saturated rings. The zero-order chi connectivity index (χ0) is 28.1. The van der Waals surface area contributed by atoms with E-state index in [1.807, 2.05) is 0 Å². The number of carboxylic acid groups (broad SMARTS) is 1. The van der Waals surface area contributed by atoms with E-state index >= 15 is 0 Å². The van der Waals surface area contributed by atoms with E-state index in [4.69, 9.17) is 9.15 Å². The lowest BCUT2D eigenvalue weighted by molar-refractivity contribution is -0.240. The van der Waals surface area contributed by atoms with Gasteiger partial charge in [0.05, 0.1) is 16.6 Å². The quantitative estimate of drug-likeness (QED) is 0.236. The second-order valence-electron chi connectivity index (χ2n) is 8.69. The Morgan fingerprint density at radius 1 is 1.03 bits per heavy atom. The fraction of sp³-hybridized carbons (Fsp3) is 0.143. The largest absolute Gasteiger partial charge is 0.478 e. The molecule has 0 aliphatic carbocycles. The summed E-state index contributed by atoms with van der Waals surface area (Å²) in [5, 5.41) is 12.6. The van der Waals surface area contributed by atoms with Gasteiger partial charge in [0, 0.05) is 42.3 Å². The lowest BCUT2D eigenvalue weighted by Crippen LogP contribution is -2.27. The van der Waals surface area contributed by atoms with Gasteiger partial charge in [-0.3, -0.25) is 4.79 Å². The minimum atomic E-state index is -4.79. The molecule has 1 unspecified atom stereocenters. The number of hydrogen-bond donors (Lipinski definition) is 2. The van der Waals surface area contributed by atoms with Crippen LogP contribution in [0.5, 0.6) is 0 Å². The molecule has 5 aromatic rings. The van der Waals surface area contributed by atoms with Crippen LogP contribution in [0.4, 0.5) is 17.6 Å². The summed E-state index contributed by atoms with van der Waals surface area (Å²) >= 11 is 0. The third-order valence-electron chi connectivity index (χ3n) is 6.39. The first-order valence-electron chi connectivity index (χ1n) is 11.6. The summed E-state index contributed by atoms with van der Waals surface area (Å²) in [4.78, 5) is 24.7. The standard InChI is InChI=1S/C28H20F4N2O5/c1-33-25(35)21-20-13-19(15-4-3-5-16(12-15)26(36)37)22-18(10-11-34(22)27(38-2)28(30,31)32)24(20)39-23(21)14-6-8-17(29)9-7-14/h3-13,27H,1-2H3,(H,33,35)(H,36,37). The van der Waals surface area contributed by atoms with Crippen LogP contribution in [-0.4, -0.2) is 41.9 Å². The maximum Gasteiger partial charge on any atom is 0.434 e. The number of aromatic nitrogens is 1. The topological polar surface area (TPSA) is 93.7 Å². The van der Waals surface area contributed by atoms with Crippen molar-refractivity contribution >= 4 is 33.7 Å². The summed E-state index contributed by atoms with van der Waals surface area (Å²) in [5.41, 5.74) is 1.07. The van der Waals surface area contributed by atoms with Gasteiger partial charge in [-0.2, -0.15) is 13.2 Å². The number of nitrogens with one attached hydrogen (secondary N) is 1. The van der Waals surface area contributed by atoms with Gasteiger partial charge in [0.1, 0.15) is 17.2 Å². The Morgan fingerprint density at radius 3 is 2.36 bits per heavy atom. The molecule has 0 saturated carbocycles. The van der Waals surface area contributed by atoms with Gasteiger partial charge in [0.15, 0.2) is 0 Å². The van der Waals surface area contributed by atoms with Crippen LogP contribution in [0, 0.1) is 5.82 Å². The third-order valence-corrected chi connectivity index (χ3v) is 6.39. The molecule has 1 atom stereocenters. The molecule has 200 valence electrons. The summed E-state index contributed by atoms with van der Waals surface area (Å²) in [6.07, 6.45) is -5.96. The number of hydrogen-bond acceptors (Lipinski definition) is 4. The van der Waals surface area contributed by atoms with Gasteiger partial charge >= 0.3 is 12.1 Å². The van der Waals surface area contributed by atoms with Crippen LogP contribution in [0.15, 0.2) is 71.3 Å². The number of furan rings is 1. The molecule has 2 aromatic heterocycles. The van der Waals surface area contributed by atoms with Crippen molar-refractivity contribution in [3.05, 3.63) is 83.8 Å². The lowest BCUT2D eigenvalue weighted by atomic mass is 9.96. The maximum absolute atomic E-state index is 14.0. The van der Waals surface area contributed by atoms with Crippen molar-refractivity contribution in [1.82, 2.24) is 9.88 Å². The molecule has 0 aliphatic rings. The Bertz CT molecular complexity index is 1740. The molecular formula is C28H20F4N2O5. The van der Waals surface area contributed by atoms with Crippen LogP contribution >= 0.6 is 0 Å². The molecule has 0 bridgehead atoms. The van der Waals surface area contributed by atoms with Gasteiger partial charge in [0.2, 0.25) is 6.23 Å². The van der Waals surface area contributed by atoms with Gasteiger partial charge in [-0.1, -0.05) is 12.1 Å². The van der Waals surface area contributed by atoms with E-state index in [-0.39, 0.29) is 44.3 Å². The van der Waals surface area contributed by atoms with E-state index in [0.29, 0.717) is 11.1 Å². The highest BCUT2D eigenvalue weighted by atomic mass is 19.4. The highest BCUT2D eigenvalue weighted by Gasteiger charge is 2.42. The molecular weight excluding hydrogens is 520 g/mol. The number of aromatic carboxylic acids is 1. The molecule has 3 aromatic carbocycles. The number of ether oxygens (including phenoxy) is 1. The number of carbonyl (C=O) groups is 2. The smallest absolute Gasteiger partial charge is 0.434 e. The third kappa shape index (κ3) is 4.40. The van der Waals surface area contributed by atoms with E-state index in [9.17, 15) is 32.3 Å². The summed E-state index contributed by atoms with van der Waals surface area (Å²) in [6.45, 7) is 0. The zero-order valence-electron chi connectivity index (χ0n) is 20.5. The molecule has 0 saturated heterocycles. The second kappa shape index (κ2) is 9.59. The first-order chi connectivity index (χ1) is 18.5. The second-order valence-corrected chi connectivity index (χ2v) is 8.69. The van der Waals surface area contributed by atoms with E-state index in [1.165, 1.54) is 67.8 Å². The van der Waals surface area contributed by atoms with Crippen molar-refractivity contribution in [1.29, 1.82) is 0 Å². The highest BCUT2D eigenvalue weighted by molar-refractivity contribution is 6.19. The minimum absolute atomic E-state index is 0.0528. The zero-order valence-corrected chi connectivity index (χ0v) is 20.5. The highest BCUT2D eigenvalue weighted by Crippen LogP contribution is 2.44. The van der Waals surface area contributed by atoms with Gasteiger partial charge < -0.3 is 24.1 Å². The van der Waals surface area contributed by atoms with E-state index in [2.05, 4.69) is 5.32 Å². The average Bonchev–Trinajstić information content (AvgIpc) is 3.50. The Hall–Kier alpha value is -4.64. The number of benzene rings is 3. The molecule has 5 rings (SSSR count). The summed E-state index contributed by atoms with van der Waals surface area (Å²) in [5.74, 6) is -2.17. The normalized spacial score (nSPS) is 12.7. The molecule has 1 amide bonds. The molecule has 2 N–H and O–H groups in total. The number of methoxy groups -OCH3 is 1. The Labute approximate surface area is 218 Å². The van der Waals surface area contributed by atoms with Crippen molar-refractivity contribution in [3.63, 3.8) is 0 Å². The van der Waals surface area contributed by atoms with Crippen LogP contribution in [0.3, 0.4) is 0 Å². The first kappa shape index (κ1) is 26.0. The average molecular weight is 540 g/mol. The van der Waals surface area contributed by atoms with Crippen LogP contribution in [-0.2, 0) is 4.74 Å². The molecule has 11 heteroatoms. The van der Waals surface area contributed by atoms with Gasteiger partial charge in [-0.15, -0.1) is 0 Å². The number of alkyl halides is 3. The predicted octanol–water partition coefficient (Wildman–Crippen LogP) is 6.63. The first-order valence-corrected chi connectivity index (χ1v) is 11.6. The number of amides is 1. The molecule has 0 aliphatic heterocycles. The van der Waals surface area contributed by atoms with Crippen molar-refractivity contribution in [2.45, 2.75) is 12.4 Å². The van der Waals surface area contributed by atoms with Crippen LogP contribution < -0.4 is 5.32 Å². The van der Waals surface area contributed by atoms with E-state index in [1.54, 1.807) is 6.07 Å². The molecule has 2 heterocycles. The van der Waals surface area contributed by atoms with E-state index < -0.39 is 30.1 Å². The summed E-state index contributed by atoms with van der Waals surface area (Å²) < 4.78 is 67.3. The molecule has 39 heavy (non-hydrogen) atoms. The van der Waals surface area contributed by atoms with Crippen LogP contribution in [0.2, 0.25) is 0 Å². The Balaban J connectivity index is 1.93. The van der Waals surface area contributed by atoms with Gasteiger partial charge in [-0.25, -0.2) is 9.18 Å². The molecule has 7 nitrogen and oxygen atoms in total. The maximum atomic E-state index is 14.0. The lowest BCUT2D eigenvalue weighted by Gasteiger charge is -2.22. The Kier molecular flexibility index (Phi) is 6.39. The number of halogens is 4. The molecule has 0 radical (unpaired) electrons. The van der Waals surface area contributed by atoms with E-state index in [0.717, 1.165) is 11.7 Å².